The Hall–Kier alpha value is -0.820. The van der Waals surface area contributed by atoms with E-state index in [2.05, 4.69) is 41.8 Å². The molecule has 0 bridgehead atoms. The molecule has 0 spiro atoms. The van der Waals surface area contributed by atoms with Gasteiger partial charge in [0.25, 0.3) is 0 Å². The number of pyridine rings is 2. The third-order valence-electron chi connectivity index (χ3n) is 2.97. The van der Waals surface area contributed by atoms with Crippen molar-refractivity contribution in [1.29, 1.82) is 0 Å². The molecule has 0 saturated heterocycles. The first-order chi connectivity index (χ1) is 9.69. The number of hydrogen-bond donors (Lipinski definition) is 0. The predicted molar refractivity (Wildman–Crippen MR) is 83.4 cm³/mol. The van der Waals surface area contributed by atoms with Crippen molar-refractivity contribution >= 4 is 31.9 Å². The fraction of sp³-hybridized carbons (Fsp3) is 0.286. The maximum atomic E-state index is 5.64. The summed E-state index contributed by atoms with van der Waals surface area (Å²) in [6, 6.07) is 7.66. The van der Waals surface area contributed by atoms with Gasteiger partial charge in [-0.1, -0.05) is 12.1 Å². The van der Waals surface area contributed by atoms with Gasteiger partial charge in [-0.15, -0.1) is 0 Å². The van der Waals surface area contributed by atoms with Gasteiger partial charge in [0, 0.05) is 37.7 Å². The monoisotopic (exact) mass is 400 g/mol. The maximum Gasteiger partial charge on any atom is 0.115 e. The van der Waals surface area contributed by atoms with E-state index in [-0.39, 0.29) is 12.2 Å². The van der Waals surface area contributed by atoms with E-state index in [1.807, 2.05) is 24.3 Å². The normalized spacial score (nSPS) is 14.0. The van der Waals surface area contributed by atoms with Crippen LogP contribution in [0.4, 0.5) is 0 Å². The topological polar surface area (TPSA) is 44.2 Å². The minimum Gasteiger partial charge on any atom is -0.374 e. The molecular weight excluding hydrogens is 388 g/mol. The molecule has 0 amide bonds. The van der Waals surface area contributed by atoms with Crippen LogP contribution in [-0.2, 0) is 9.47 Å². The summed E-state index contributed by atoms with van der Waals surface area (Å²) in [5.74, 6) is 0. The Bertz CT molecular complexity index is 529. The van der Waals surface area contributed by atoms with Gasteiger partial charge in [-0.3, -0.25) is 0 Å². The zero-order valence-corrected chi connectivity index (χ0v) is 14.3. The van der Waals surface area contributed by atoms with Crippen LogP contribution in [0.2, 0.25) is 0 Å². The molecule has 0 radical (unpaired) electrons. The average Bonchev–Trinajstić information content (AvgIpc) is 2.47. The van der Waals surface area contributed by atoms with E-state index in [0.29, 0.717) is 0 Å². The molecular formula is C14H14Br2N2O2. The van der Waals surface area contributed by atoms with E-state index in [9.17, 15) is 0 Å². The molecule has 2 rings (SSSR count). The SMILES string of the molecule is CO[C@@H](c1cccnc1Br)[C@@H](OC)c1cccnc1Br. The van der Waals surface area contributed by atoms with Gasteiger partial charge in [-0.05, 0) is 44.0 Å². The molecule has 0 fully saturated rings. The summed E-state index contributed by atoms with van der Waals surface area (Å²) in [7, 11) is 3.31. The second-order valence-electron chi connectivity index (χ2n) is 4.08. The quantitative estimate of drug-likeness (QED) is 0.708. The van der Waals surface area contributed by atoms with E-state index >= 15 is 0 Å². The van der Waals surface area contributed by atoms with Gasteiger partial charge in [0.15, 0.2) is 0 Å². The number of rotatable bonds is 5. The first-order valence-corrected chi connectivity index (χ1v) is 7.54. The Balaban J connectivity index is 2.44. The molecule has 2 heterocycles. The van der Waals surface area contributed by atoms with E-state index < -0.39 is 0 Å². The van der Waals surface area contributed by atoms with Crippen LogP contribution in [-0.4, -0.2) is 24.2 Å². The van der Waals surface area contributed by atoms with E-state index in [4.69, 9.17) is 9.47 Å². The molecule has 0 N–H and O–H groups in total. The van der Waals surface area contributed by atoms with Gasteiger partial charge < -0.3 is 9.47 Å². The van der Waals surface area contributed by atoms with Crippen LogP contribution in [0.3, 0.4) is 0 Å². The molecule has 2 aromatic heterocycles. The van der Waals surface area contributed by atoms with Crippen LogP contribution >= 0.6 is 31.9 Å². The van der Waals surface area contributed by atoms with Gasteiger partial charge >= 0.3 is 0 Å². The Morgan fingerprint density at radius 1 is 0.850 bits per heavy atom. The first kappa shape index (κ1) is 15.6. The van der Waals surface area contributed by atoms with Crippen LogP contribution in [0.5, 0.6) is 0 Å². The summed E-state index contributed by atoms with van der Waals surface area (Å²) in [6.45, 7) is 0. The third kappa shape index (κ3) is 3.25. The number of aromatic nitrogens is 2. The Kier molecular flexibility index (Phi) is 5.65. The van der Waals surface area contributed by atoms with Crippen LogP contribution in [0.1, 0.15) is 23.3 Å². The Labute approximate surface area is 134 Å². The van der Waals surface area contributed by atoms with Crippen molar-refractivity contribution in [3.05, 3.63) is 57.0 Å². The van der Waals surface area contributed by atoms with Crippen LogP contribution in [0.25, 0.3) is 0 Å². The lowest BCUT2D eigenvalue weighted by Crippen LogP contribution is -2.17. The van der Waals surface area contributed by atoms with E-state index in [0.717, 1.165) is 20.3 Å². The molecule has 2 aromatic rings. The fourth-order valence-electron chi connectivity index (χ4n) is 2.05. The summed E-state index contributed by atoms with van der Waals surface area (Å²) >= 11 is 6.90. The zero-order chi connectivity index (χ0) is 14.5. The van der Waals surface area contributed by atoms with Gasteiger partial charge in [-0.25, -0.2) is 9.97 Å². The highest BCUT2D eigenvalue weighted by atomic mass is 79.9. The van der Waals surface area contributed by atoms with Crippen molar-refractivity contribution in [2.45, 2.75) is 12.2 Å². The Morgan fingerprint density at radius 3 is 1.55 bits per heavy atom. The number of methoxy groups -OCH3 is 2. The van der Waals surface area contributed by atoms with Gasteiger partial charge in [0.2, 0.25) is 0 Å². The largest absolute Gasteiger partial charge is 0.374 e. The molecule has 0 saturated carbocycles. The first-order valence-electron chi connectivity index (χ1n) is 5.95. The van der Waals surface area contributed by atoms with Gasteiger partial charge in [-0.2, -0.15) is 0 Å². The Morgan fingerprint density at radius 2 is 1.25 bits per heavy atom. The molecule has 106 valence electrons. The van der Waals surface area contributed by atoms with Crippen molar-refractivity contribution in [2.75, 3.05) is 14.2 Å². The number of ether oxygens (including phenoxy) is 2. The van der Waals surface area contributed by atoms with E-state index in [1.165, 1.54) is 0 Å². The number of hydrogen-bond acceptors (Lipinski definition) is 4. The highest BCUT2D eigenvalue weighted by molar-refractivity contribution is 9.10. The highest BCUT2D eigenvalue weighted by Crippen LogP contribution is 2.38. The summed E-state index contributed by atoms with van der Waals surface area (Å²) in [5.41, 5.74) is 1.86. The summed E-state index contributed by atoms with van der Waals surface area (Å²) in [5, 5.41) is 0. The van der Waals surface area contributed by atoms with Crippen molar-refractivity contribution in [3.8, 4) is 0 Å². The minimum absolute atomic E-state index is 0.288. The van der Waals surface area contributed by atoms with Crippen LogP contribution < -0.4 is 0 Å². The minimum atomic E-state index is -0.288. The lowest BCUT2D eigenvalue weighted by atomic mass is 10.0. The van der Waals surface area contributed by atoms with Crippen molar-refractivity contribution in [3.63, 3.8) is 0 Å². The molecule has 0 unspecified atom stereocenters. The van der Waals surface area contributed by atoms with Crippen LogP contribution in [0.15, 0.2) is 45.9 Å². The average molecular weight is 402 g/mol. The molecule has 0 aromatic carbocycles. The van der Waals surface area contributed by atoms with Crippen molar-refractivity contribution in [2.24, 2.45) is 0 Å². The lowest BCUT2D eigenvalue weighted by Gasteiger charge is -2.26. The molecule has 0 aliphatic carbocycles. The zero-order valence-electron chi connectivity index (χ0n) is 11.1. The van der Waals surface area contributed by atoms with Crippen LogP contribution in [0, 0.1) is 0 Å². The van der Waals surface area contributed by atoms with Crippen molar-refractivity contribution in [1.82, 2.24) is 9.97 Å². The smallest absolute Gasteiger partial charge is 0.115 e. The molecule has 0 aliphatic rings. The predicted octanol–water partition coefficient (Wildman–Crippen LogP) is 4.08. The lowest BCUT2D eigenvalue weighted by molar-refractivity contribution is -0.0407. The number of nitrogens with zero attached hydrogens (tertiary/aromatic N) is 2. The summed E-state index contributed by atoms with van der Waals surface area (Å²) < 4.78 is 12.8. The second-order valence-corrected chi connectivity index (χ2v) is 5.58. The summed E-state index contributed by atoms with van der Waals surface area (Å²) in [6.07, 6.45) is 2.87. The van der Waals surface area contributed by atoms with E-state index in [1.54, 1.807) is 26.6 Å². The van der Waals surface area contributed by atoms with Gasteiger partial charge in [0.1, 0.15) is 21.4 Å². The number of halogens is 2. The molecule has 2 atom stereocenters. The molecule has 20 heavy (non-hydrogen) atoms. The third-order valence-corrected chi connectivity index (χ3v) is 4.30. The molecule has 0 aliphatic heterocycles. The highest BCUT2D eigenvalue weighted by Gasteiger charge is 2.28. The van der Waals surface area contributed by atoms with Crippen molar-refractivity contribution < 1.29 is 9.47 Å². The molecule has 6 heteroatoms. The fourth-order valence-corrected chi connectivity index (χ4v) is 3.00. The van der Waals surface area contributed by atoms with Gasteiger partial charge in [0.05, 0.1) is 0 Å². The maximum absolute atomic E-state index is 5.64. The summed E-state index contributed by atoms with van der Waals surface area (Å²) in [4.78, 5) is 8.47. The second kappa shape index (κ2) is 7.26. The molecule has 4 nitrogen and oxygen atoms in total. The standard InChI is InChI=1S/C14H14Br2N2O2/c1-19-11(9-5-3-7-17-13(9)15)12(20-2)10-6-4-8-18-14(10)16/h3-8,11-12H,1-2H3/t11-,12-/m0/s1.